The molecule has 2 N–H and O–H groups in total. The van der Waals surface area contributed by atoms with Crippen LogP contribution in [0.4, 0.5) is 24.7 Å². The summed E-state index contributed by atoms with van der Waals surface area (Å²) in [6, 6.07) is 9.07. The Hall–Kier alpha value is -3.62. The Morgan fingerprint density at radius 1 is 1.04 bits per heavy atom. The van der Waals surface area contributed by atoms with Gasteiger partial charge in [-0.15, -0.1) is 0 Å². The molecule has 3 rings (SSSR count). The lowest BCUT2D eigenvalue weighted by molar-refractivity contribution is 0.102. The van der Waals surface area contributed by atoms with Crippen LogP contribution in [-0.4, -0.2) is 23.0 Å². The topological polar surface area (TPSA) is 76.1 Å². The number of benzene rings is 2. The van der Waals surface area contributed by atoms with Gasteiger partial charge in [-0.05, 0) is 18.2 Å². The molecule has 0 saturated heterocycles. The molecule has 144 valence electrons. The van der Waals surface area contributed by atoms with Crippen molar-refractivity contribution in [2.45, 2.75) is 6.54 Å². The Morgan fingerprint density at radius 3 is 2.54 bits per heavy atom. The van der Waals surface area contributed by atoms with Gasteiger partial charge in [-0.3, -0.25) is 4.79 Å². The van der Waals surface area contributed by atoms with E-state index in [4.69, 9.17) is 4.74 Å². The summed E-state index contributed by atoms with van der Waals surface area (Å²) in [5.74, 6) is -4.19. The lowest BCUT2D eigenvalue weighted by atomic mass is 10.2. The predicted octanol–water partition coefficient (Wildman–Crippen LogP) is 3.77. The molecule has 3 aromatic rings. The maximum Gasteiger partial charge on any atom is 0.275 e. The average molecular weight is 388 g/mol. The molecule has 0 aliphatic heterocycles. The van der Waals surface area contributed by atoms with E-state index in [1.54, 1.807) is 7.11 Å². The fourth-order valence-corrected chi connectivity index (χ4v) is 2.38. The fourth-order valence-electron chi connectivity index (χ4n) is 2.38. The first-order valence-corrected chi connectivity index (χ1v) is 8.12. The first-order chi connectivity index (χ1) is 13.5. The van der Waals surface area contributed by atoms with E-state index in [2.05, 4.69) is 20.6 Å². The summed E-state index contributed by atoms with van der Waals surface area (Å²) in [7, 11) is 1.57. The highest BCUT2D eigenvalue weighted by molar-refractivity contribution is 6.02. The summed E-state index contributed by atoms with van der Waals surface area (Å²) in [6.07, 6.45) is 2.50. The number of aromatic nitrogens is 2. The van der Waals surface area contributed by atoms with Gasteiger partial charge < -0.3 is 15.4 Å². The lowest BCUT2D eigenvalue weighted by Gasteiger charge is -2.10. The molecular formula is C19H15F3N4O2. The van der Waals surface area contributed by atoms with Crippen LogP contribution in [0.3, 0.4) is 0 Å². The molecule has 6 nitrogen and oxygen atoms in total. The monoisotopic (exact) mass is 388 g/mol. The van der Waals surface area contributed by atoms with Crippen molar-refractivity contribution < 1.29 is 22.7 Å². The van der Waals surface area contributed by atoms with Crippen molar-refractivity contribution in [3.05, 3.63) is 77.5 Å². The first kappa shape index (κ1) is 19.2. The fraction of sp³-hybridized carbons (Fsp3) is 0.105. The molecule has 0 saturated carbocycles. The van der Waals surface area contributed by atoms with Crippen LogP contribution in [0.25, 0.3) is 0 Å². The number of hydrogen-bond acceptors (Lipinski definition) is 5. The molecule has 0 bridgehead atoms. The zero-order valence-electron chi connectivity index (χ0n) is 14.7. The van der Waals surface area contributed by atoms with Crippen LogP contribution in [0.15, 0.2) is 48.8 Å². The highest BCUT2D eigenvalue weighted by atomic mass is 19.2. The van der Waals surface area contributed by atoms with Crippen LogP contribution < -0.4 is 15.4 Å². The van der Waals surface area contributed by atoms with Crippen molar-refractivity contribution >= 4 is 17.4 Å². The molecule has 28 heavy (non-hydrogen) atoms. The minimum atomic E-state index is -1.67. The Morgan fingerprint density at radius 2 is 1.82 bits per heavy atom. The predicted molar refractivity (Wildman–Crippen MR) is 96.6 cm³/mol. The Kier molecular flexibility index (Phi) is 5.73. The number of carbonyl (C=O) groups is 1. The van der Waals surface area contributed by atoms with Gasteiger partial charge >= 0.3 is 0 Å². The highest BCUT2D eigenvalue weighted by Gasteiger charge is 2.17. The van der Waals surface area contributed by atoms with Crippen molar-refractivity contribution in [2.75, 3.05) is 17.7 Å². The number of carbonyl (C=O) groups excluding carboxylic acids is 1. The molecular weight excluding hydrogens is 373 g/mol. The van der Waals surface area contributed by atoms with Crippen LogP contribution >= 0.6 is 0 Å². The van der Waals surface area contributed by atoms with Gasteiger partial charge in [-0.2, -0.15) is 0 Å². The molecule has 0 atom stereocenters. The van der Waals surface area contributed by atoms with Crippen LogP contribution in [0.2, 0.25) is 0 Å². The third-order valence-electron chi connectivity index (χ3n) is 3.82. The Balaban J connectivity index is 1.65. The number of rotatable bonds is 6. The molecule has 2 aromatic carbocycles. The molecule has 0 spiro atoms. The van der Waals surface area contributed by atoms with Gasteiger partial charge in [-0.1, -0.05) is 18.2 Å². The Bertz CT molecular complexity index is 997. The van der Waals surface area contributed by atoms with Gasteiger partial charge in [0.15, 0.2) is 17.5 Å². The van der Waals surface area contributed by atoms with E-state index in [-0.39, 0.29) is 5.69 Å². The van der Waals surface area contributed by atoms with E-state index in [1.165, 1.54) is 12.4 Å². The summed E-state index contributed by atoms with van der Waals surface area (Å²) in [6.45, 7) is 0.421. The van der Waals surface area contributed by atoms with Crippen LogP contribution in [0.5, 0.6) is 5.75 Å². The van der Waals surface area contributed by atoms with E-state index in [0.717, 1.165) is 11.6 Å². The molecule has 0 radical (unpaired) electrons. The van der Waals surface area contributed by atoms with E-state index >= 15 is 0 Å². The largest absolute Gasteiger partial charge is 0.496 e. The molecule has 9 heteroatoms. The van der Waals surface area contributed by atoms with Crippen LogP contribution in [-0.2, 0) is 6.54 Å². The second-order valence-electron chi connectivity index (χ2n) is 5.63. The third-order valence-corrected chi connectivity index (χ3v) is 3.82. The zero-order chi connectivity index (χ0) is 20.1. The molecule has 0 aliphatic rings. The summed E-state index contributed by atoms with van der Waals surface area (Å²) in [4.78, 5) is 20.1. The highest BCUT2D eigenvalue weighted by Crippen LogP contribution is 2.20. The van der Waals surface area contributed by atoms with Crippen molar-refractivity contribution in [1.82, 2.24) is 9.97 Å². The maximum absolute atomic E-state index is 13.6. The molecule has 0 unspecified atom stereocenters. The Labute approximate surface area is 158 Å². The van der Waals surface area contributed by atoms with E-state index in [1.807, 2.05) is 24.3 Å². The van der Waals surface area contributed by atoms with Gasteiger partial charge in [0.25, 0.3) is 5.91 Å². The molecule has 1 aromatic heterocycles. The van der Waals surface area contributed by atoms with Crippen molar-refractivity contribution in [2.24, 2.45) is 0 Å². The molecule has 1 amide bonds. The summed E-state index contributed by atoms with van der Waals surface area (Å²) in [5, 5.41) is 5.16. The quantitative estimate of drug-likeness (QED) is 0.629. The lowest BCUT2D eigenvalue weighted by Crippen LogP contribution is -2.16. The number of para-hydroxylation sites is 1. The van der Waals surface area contributed by atoms with Gasteiger partial charge in [0.1, 0.15) is 17.3 Å². The van der Waals surface area contributed by atoms with Crippen LogP contribution in [0.1, 0.15) is 16.1 Å². The first-order valence-electron chi connectivity index (χ1n) is 8.12. The van der Waals surface area contributed by atoms with Crippen molar-refractivity contribution in [3.8, 4) is 5.75 Å². The normalized spacial score (nSPS) is 10.4. The number of amides is 1. The van der Waals surface area contributed by atoms with E-state index in [9.17, 15) is 18.0 Å². The average Bonchev–Trinajstić information content (AvgIpc) is 2.73. The SMILES string of the molecule is COc1ccccc1CNc1cnc(C(=O)Nc2ccc(F)c(F)c2F)cn1. The molecule has 0 aliphatic carbocycles. The summed E-state index contributed by atoms with van der Waals surface area (Å²) < 4.78 is 45.1. The maximum atomic E-state index is 13.6. The number of ether oxygens (including phenoxy) is 1. The minimum absolute atomic E-state index is 0.119. The number of methoxy groups -OCH3 is 1. The van der Waals surface area contributed by atoms with E-state index in [0.29, 0.717) is 24.2 Å². The second kappa shape index (κ2) is 8.38. The minimum Gasteiger partial charge on any atom is -0.496 e. The molecule has 1 heterocycles. The number of nitrogens with one attached hydrogen (secondary N) is 2. The smallest absolute Gasteiger partial charge is 0.275 e. The van der Waals surface area contributed by atoms with Crippen LogP contribution in [0, 0.1) is 17.5 Å². The zero-order valence-corrected chi connectivity index (χ0v) is 14.7. The van der Waals surface area contributed by atoms with Gasteiger partial charge in [-0.25, -0.2) is 23.1 Å². The second-order valence-corrected chi connectivity index (χ2v) is 5.63. The van der Waals surface area contributed by atoms with Crippen molar-refractivity contribution in [1.29, 1.82) is 0 Å². The van der Waals surface area contributed by atoms with Gasteiger partial charge in [0.2, 0.25) is 0 Å². The molecule has 0 fully saturated rings. The standard InChI is InChI=1S/C19H15F3N4O2/c1-28-15-5-3-2-4-11(15)8-24-16-10-23-14(9-25-16)19(27)26-13-7-6-12(20)17(21)18(13)22/h2-7,9-10H,8H2,1H3,(H,24,25)(H,26,27). The third kappa shape index (κ3) is 4.20. The number of hydrogen-bond donors (Lipinski definition) is 2. The van der Waals surface area contributed by atoms with Gasteiger partial charge in [0, 0.05) is 12.1 Å². The van der Waals surface area contributed by atoms with Crippen molar-refractivity contribution in [3.63, 3.8) is 0 Å². The summed E-state index contributed by atoms with van der Waals surface area (Å²) in [5.41, 5.74) is 0.290. The number of anilines is 2. The number of halogens is 3. The summed E-state index contributed by atoms with van der Waals surface area (Å²) >= 11 is 0. The van der Waals surface area contributed by atoms with E-state index < -0.39 is 29.0 Å². The van der Waals surface area contributed by atoms with Gasteiger partial charge in [0.05, 0.1) is 25.2 Å². The number of nitrogens with zero attached hydrogens (tertiary/aromatic N) is 2.